The topological polar surface area (TPSA) is 109 Å². The molecule has 4 N–H and O–H groups in total. The third kappa shape index (κ3) is 5.44. The number of carboxylic acids is 1. The van der Waals surface area contributed by atoms with Crippen LogP contribution in [0.25, 0.3) is 0 Å². The Balaban J connectivity index is 4.34. The summed E-state index contributed by atoms with van der Waals surface area (Å²) in [5.74, 6) is -2.66. The van der Waals surface area contributed by atoms with E-state index >= 15 is 0 Å². The van der Waals surface area contributed by atoms with Gasteiger partial charge in [-0.1, -0.05) is 20.8 Å². The first-order valence-electron chi connectivity index (χ1n) is 5.55. The van der Waals surface area contributed by atoms with Crippen molar-refractivity contribution in [1.82, 2.24) is 5.32 Å². The van der Waals surface area contributed by atoms with Crippen LogP contribution in [0.4, 0.5) is 0 Å². The zero-order valence-corrected chi connectivity index (χ0v) is 10.4. The van der Waals surface area contributed by atoms with Gasteiger partial charge in [0.05, 0.1) is 12.0 Å². The summed E-state index contributed by atoms with van der Waals surface area (Å²) in [6.07, 6.45) is -0.156. The molecule has 2 unspecified atom stereocenters. The summed E-state index contributed by atoms with van der Waals surface area (Å²) in [6.45, 7) is 4.89. The minimum absolute atomic E-state index is 0.0181. The van der Waals surface area contributed by atoms with Crippen LogP contribution in [0.3, 0.4) is 0 Å². The van der Waals surface area contributed by atoms with Crippen LogP contribution >= 0.6 is 0 Å². The molecule has 0 fully saturated rings. The minimum Gasteiger partial charge on any atom is -0.481 e. The molecule has 0 aliphatic carbocycles. The number of ketones is 1. The third-order valence-electron chi connectivity index (χ3n) is 2.40. The monoisotopic (exact) mass is 244 g/mol. The maximum Gasteiger partial charge on any atom is 0.306 e. The Morgan fingerprint density at radius 2 is 1.76 bits per heavy atom. The van der Waals surface area contributed by atoms with Crippen molar-refractivity contribution in [1.29, 1.82) is 0 Å². The van der Waals surface area contributed by atoms with Gasteiger partial charge in [0.1, 0.15) is 0 Å². The number of nitrogens with one attached hydrogen (secondary N) is 1. The Kier molecular flexibility index (Phi) is 6.42. The molecule has 0 heterocycles. The lowest BCUT2D eigenvalue weighted by molar-refractivity contribution is -0.143. The largest absolute Gasteiger partial charge is 0.481 e. The van der Waals surface area contributed by atoms with Crippen molar-refractivity contribution in [3.05, 3.63) is 0 Å². The second-order valence-electron chi connectivity index (χ2n) is 4.36. The van der Waals surface area contributed by atoms with E-state index in [0.717, 1.165) is 0 Å². The standard InChI is InChI=1S/C11H20N2O4/c1-6(2)10(15)8(5-12)13-9(14)4-7(3)11(16)17/h6-8H,4-5,12H2,1-3H3,(H,13,14)(H,16,17). The molecule has 0 saturated carbocycles. The van der Waals surface area contributed by atoms with E-state index in [1.54, 1.807) is 13.8 Å². The molecule has 0 spiro atoms. The van der Waals surface area contributed by atoms with E-state index in [1.165, 1.54) is 6.92 Å². The lowest BCUT2D eigenvalue weighted by Gasteiger charge is -2.18. The zero-order valence-electron chi connectivity index (χ0n) is 10.4. The molecule has 0 bridgehead atoms. The molecule has 1 amide bonds. The van der Waals surface area contributed by atoms with Crippen LogP contribution in [0.5, 0.6) is 0 Å². The van der Waals surface area contributed by atoms with Crippen LogP contribution in [0.1, 0.15) is 27.2 Å². The fraction of sp³-hybridized carbons (Fsp3) is 0.727. The molecule has 6 nitrogen and oxygen atoms in total. The molecule has 0 saturated heterocycles. The van der Waals surface area contributed by atoms with Gasteiger partial charge >= 0.3 is 5.97 Å². The number of rotatable bonds is 7. The van der Waals surface area contributed by atoms with E-state index in [0.29, 0.717) is 0 Å². The maximum atomic E-state index is 11.6. The fourth-order valence-corrected chi connectivity index (χ4v) is 1.27. The van der Waals surface area contributed by atoms with Crippen molar-refractivity contribution in [2.24, 2.45) is 17.6 Å². The number of hydrogen-bond donors (Lipinski definition) is 3. The highest BCUT2D eigenvalue weighted by Crippen LogP contribution is 2.03. The van der Waals surface area contributed by atoms with Gasteiger partial charge in [-0.05, 0) is 0 Å². The van der Waals surface area contributed by atoms with Crippen LogP contribution < -0.4 is 11.1 Å². The van der Waals surface area contributed by atoms with Gasteiger partial charge < -0.3 is 16.2 Å². The van der Waals surface area contributed by atoms with E-state index in [-0.39, 0.29) is 24.7 Å². The summed E-state index contributed by atoms with van der Waals surface area (Å²) < 4.78 is 0. The highest BCUT2D eigenvalue weighted by molar-refractivity contribution is 5.91. The average Bonchev–Trinajstić information content (AvgIpc) is 2.24. The molecular weight excluding hydrogens is 224 g/mol. The Hall–Kier alpha value is -1.43. The minimum atomic E-state index is -1.04. The van der Waals surface area contributed by atoms with Crippen molar-refractivity contribution in [3.63, 3.8) is 0 Å². The van der Waals surface area contributed by atoms with Crippen molar-refractivity contribution in [3.8, 4) is 0 Å². The molecule has 0 aromatic rings. The van der Waals surface area contributed by atoms with Gasteiger partial charge in [-0.15, -0.1) is 0 Å². The molecular formula is C11H20N2O4. The van der Waals surface area contributed by atoms with Crippen LogP contribution in [0, 0.1) is 11.8 Å². The molecule has 2 atom stereocenters. The van der Waals surface area contributed by atoms with Gasteiger partial charge in [-0.25, -0.2) is 0 Å². The highest BCUT2D eigenvalue weighted by Gasteiger charge is 2.23. The summed E-state index contributed by atoms with van der Waals surface area (Å²) in [5, 5.41) is 11.1. The van der Waals surface area contributed by atoms with Crippen molar-refractivity contribution in [2.45, 2.75) is 33.2 Å². The van der Waals surface area contributed by atoms with Gasteiger partial charge in [0, 0.05) is 18.9 Å². The Labute approximate surface area is 101 Å². The summed E-state index contributed by atoms with van der Waals surface area (Å²) in [6, 6.07) is -0.733. The quantitative estimate of drug-likeness (QED) is 0.573. The highest BCUT2D eigenvalue weighted by atomic mass is 16.4. The number of amides is 1. The summed E-state index contributed by atoms with van der Waals surface area (Å²) >= 11 is 0. The maximum absolute atomic E-state index is 11.6. The first kappa shape index (κ1) is 15.6. The molecule has 6 heteroatoms. The van der Waals surface area contributed by atoms with Crippen molar-refractivity contribution < 1.29 is 19.5 Å². The van der Waals surface area contributed by atoms with Gasteiger partial charge in [0.25, 0.3) is 0 Å². The predicted octanol–water partition coefficient (Wildman–Crippen LogP) is -0.234. The normalized spacial score (nSPS) is 14.2. The van der Waals surface area contributed by atoms with Crippen LogP contribution in [-0.4, -0.2) is 35.4 Å². The molecule has 0 radical (unpaired) electrons. The van der Waals surface area contributed by atoms with Gasteiger partial charge in [0.15, 0.2) is 5.78 Å². The number of carboxylic acid groups (broad SMARTS) is 1. The third-order valence-corrected chi connectivity index (χ3v) is 2.40. The Morgan fingerprint density at radius 3 is 2.12 bits per heavy atom. The number of nitrogens with two attached hydrogens (primary N) is 1. The number of carbonyl (C=O) groups is 3. The number of aliphatic carboxylic acids is 1. The zero-order chi connectivity index (χ0) is 13.6. The Morgan fingerprint density at radius 1 is 1.24 bits per heavy atom. The second kappa shape index (κ2) is 7.01. The molecule has 0 aliphatic heterocycles. The van der Waals surface area contributed by atoms with E-state index in [1.807, 2.05) is 0 Å². The Bertz CT molecular complexity index is 302. The molecule has 17 heavy (non-hydrogen) atoms. The molecule has 98 valence electrons. The van der Waals surface area contributed by atoms with Crippen molar-refractivity contribution in [2.75, 3.05) is 6.54 Å². The molecule has 0 aliphatic rings. The first-order chi connectivity index (χ1) is 7.79. The van der Waals surface area contributed by atoms with Crippen LogP contribution in [0.15, 0.2) is 0 Å². The van der Waals surface area contributed by atoms with E-state index in [4.69, 9.17) is 10.8 Å². The lowest BCUT2D eigenvalue weighted by atomic mass is 10.0. The van der Waals surface area contributed by atoms with Gasteiger partial charge in [-0.3, -0.25) is 14.4 Å². The number of Topliss-reactive ketones (excluding diaryl/α,β-unsaturated/α-hetero) is 1. The summed E-state index contributed by atoms with van der Waals surface area (Å²) in [7, 11) is 0. The molecule has 0 rings (SSSR count). The van der Waals surface area contributed by atoms with E-state index < -0.39 is 23.8 Å². The SMILES string of the molecule is CC(C)C(=O)C(CN)NC(=O)CC(C)C(=O)O. The van der Waals surface area contributed by atoms with Crippen LogP contribution in [0.2, 0.25) is 0 Å². The fourth-order valence-electron chi connectivity index (χ4n) is 1.27. The predicted molar refractivity (Wildman–Crippen MR) is 62.2 cm³/mol. The number of carbonyl (C=O) groups excluding carboxylic acids is 2. The smallest absolute Gasteiger partial charge is 0.306 e. The van der Waals surface area contributed by atoms with E-state index in [2.05, 4.69) is 5.32 Å². The average molecular weight is 244 g/mol. The second-order valence-corrected chi connectivity index (χ2v) is 4.36. The van der Waals surface area contributed by atoms with Gasteiger partial charge in [-0.2, -0.15) is 0 Å². The van der Waals surface area contributed by atoms with E-state index in [9.17, 15) is 14.4 Å². The lowest BCUT2D eigenvalue weighted by Crippen LogP contribution is -2.47. The first-order valence-corrected chi connectivity index (χ1v) is 5.55. The summed E-state index contributed by atoms with van der Waals surface area (Å²) in [4.78, 5) is 33.7. The van der Waals surface area contributed by atoms with Crippen molar-refractivity contribution >= 4 is 17.7 Å². The molecule has 0 aromatic carbocycles. The molecule has 0 aromatic heterocycles. The number of hydrogen-bond acceptors (Lipinski definition) is 4. The van der Waals surface area contributed by atoms with Gasteiger partial charge in [0.2, 0.25) is 5.91 Å². The van der Waals surface area contributed by atoms with Crippen LogP contribution in [-0.2, 0) is 14.4 Å². The summed E-state index contributed by atoms with van der Waals surface area (Å²) in [5.41, 5.74) is 5.40.